The number of rotatable bonds is 5. The van der Waals surface area contributed by atoms with Crippen LogP contribution in [0.4, 0.5) is 0 Å². The molecule has 2 rings (SSSR count). The van der Waals surface area contributed by atoms with Crippen LogP contribution in [-0.2, 0) is 6.42 Å². The summed E-state index contributed by atoms with van der Waals surface area (Å²) in [6, 6.07) is 10.8. The van der Waals surface area contributed by atoms with Gasteiger partial charge >= 0.3 is 0 Å². The average Bonchev–Trinajstić information content (AvgIpc) is 2.76. The van der Waals surface area contributed by atoms with Gasteiger partial charge in [0, 0.05) is 11.6 Å². The fraction of sp³-hybridized carbons (Fsp3) is 0.471. The van der Waals surface area contributed by atoms with Crippen molar-refractivity contribution in [1.82, 2.24) is 0 Å². The molecule has 0 amide bonds. The molecule has 0 N–H and O–H groups in total. The first kappa shape index (κ1) is 13.1. The van der Waals surface area contributed by atoms with Gasteiger partial charge in [-0.3, -0.25) is 4.99 Å². The third kappa shape index (κ3) is 3.56. The van der Waals surface area contributed by atoms with E-state index < -0.39 is 0 Å². The first-order valence-corrected chi connectivity index (χ1v) is 6.90. The topological polar surface area (TPSA) is 12.4 Å². The van der Waals surface area contributed by atoms with Gasteiger partial charge in [-0.1, -0.05) is 49.8 Å². The Bertz CT molecular complexity index is 440. The van der Waals surface area contributed by atoms with E-state index in [-0.39, 0.29) is 0 Å². The molecular formula is C17H23N. The Morgan fingerprint density at radius 1 is 1.17 bits per heavy atom. The van der Waals surface area contributed by atoms with E-state index in [2.05, 4.69) is 57.2 Å². The molecular weight excluding hydrogens is 218 g/mol. The van der Waals surface area contributed by atoms with Crippen molar-refractivity contribution < 1.29 is 0 Å². The summed E-state index contributed by atoms with van der Waals surface area (Å²) in [6.07, 6.45) is 4.62. The number of hydrogen-bond acceptors (Lipinski definition) is 1. The zero-order chi connectivity index (χ0) is 13.0. The average molecular weight is 241 g/mol. The minimum atomic E-state index is 0.574. The van der Waals surface area contributed by atoms with Crippen LogP contribution in [0.25, 0.3) is 0 Å². The Kier molecular flexibility index (Phi) is 4.35. The van der Waals surface area contributed by atoms with Crippen LogP contribution in [0.2, 0.25) is 0 Å². The first-order chi connectivity index (χ1) is 8.65. The third-order valence-corrected chi connectivity index (χ3v) is 3.40. The van der Waals surface area contributed by atoms with Crippen LogP contribution in [-0.4, -0.2) is 12.3 Å². The van der Waals surface area contributed by atoms with Crippen LogP contribution in [0, 0.1) is 11.8 Å². The third-order valence-electron chi connectivity index (χ3n) is 3.40. The highest BCUT2D eigenvalue weighted by Gasteiger charge is 2.19. The molecule has 1 aromatic rings. The van der Waals surface area contributed by atoms with Crippen LogP contribution in [0.15, 0.2) is 47.0 Å². The van der Waals surface area contributed by atoms with Crippen molar-refractivity contribution in [3.63, 3.8) is 0 Å². The zero-order valence-electron chi connectivity index (χ0n) is 11.7. The second-order valence-corrected chi connectivity index (χ2v) is 5.75. The van der Waals surface area contributed by atoms with E-state index in [1.807, 2.05) is 0 Å². The molecule has 1 heteroatoms. The number of aliphatic imine (C=N–C) groups is 1. The number of nitrogens with zero attached hydrogens (tertiary/aromatic N) is 1. The summed E-state index contributed by atoms with van der Waals surface area (Å²) in [6.45, 7) is 7.67. The molecule has 0 bridgehead atoms. The molecule has 0 saturated carbocycles. The maximum atomic E-state index is 4.69. The Morgan fingerprint density at radius 2 is 1.89 bits per heavy atom. The zero-order valence-corrected chi connectivity index (χ0v) is 11.7. The van der Waals surface area contributed by atoms with Crippen molar-refractivity contribution >= 4 is 5.71 Å². The van der Waals surface area contributed by atoms with Gasteiger partial charge in [0.1, 0.15) is 0 Å². The van der Waals surface area contributed by atoms with Crippen LogP contribution in [0.1, 0.15) is 32.8 Å². The van der Waals surface area contributed by atoms with Crippen molar-refractivity contribution in [3.05, 3.63) is 47.5 Å². The molecule has 0 fully saturated rings. The summed E-state index contributed by atoms with van der Waals surface area (Å²) >= 11 is 0. The number of benzene rings is 1. The molecule has 96 valence electrons. The van der Waals surface area contributed by atoms with E-state index >= 15 is 0 Å². The highest BCUT2D eigenvalue weighted by molar-refractivity contribution is 5.99. The van der Waals surface area contributed by atoms with Gasteiger partial charge in [-0.15, -0.1) is 0 Å². The van der Waals surface area contributed by atoms with Gasteiger partial charge in [0.2, 0.25) is 0 Å². The van der Waals surface area contributed by atoms with Gasteiger partial charge in [0.05, 0.1) is 6.54 Å². The fourth-order valence-corrected chi connectivity index (χ4v) is 2.58. The molecule has 0 radical (unpaired) electrons. The minimum absolute atomic E-state index is 0.574. The smallest absolute Gasteiger partial charge is 0.0604 e. The van der Waals surface area contributed by atoms with Crippen LogP contribution < -0.4 is 0 Å². The predicted octanol–water partition coefficient (Wildman–Crippen LogP) is 4.29. The largest absolute Gasteiger partial charge is 0.285 e. The lowest BCUT2D eigenvalue weighted by Gasteiger charge is -2.18. The molecule has 1 aliphatic heterocycles. The second-order valence-electron chi connectivity index (χ2n) is 5.75. The van der Waals surface area contributed by atoms with E-state index in [0.29, 0.717) is 5.92 Å². The highest BCUT2D eigenvalue weighted by Crippen LogP contribution is 2.22. The minimum Gasteiger partial charge on any atom is -0.285 e. The first-order valence-electron chi connectivity index (χ1n) is 6.90. The van der Waals surface area contributed by atoms with Crippen molar-refractivity contribution in [1.29, 1.82) is 0 Å². The molecule has 1 aliphatic rings. The van der Waals surface area contributed by atoms with Crippen LogP contribution >= 0.6 is 0 Å². The molecule has 1 atom stereocenters. The normalized spacial score (nSPS) is 16.7. The summed E-state index contributed by atoms with van der Waals surface area (Å²) in [4.78, 5) is 4.69. The Balaban J connectivity index is 2.11. The molecule has 1 aromatic carbocycles. The van der Waals surface area contributed by atoms with Gasteiger partial charge in [0.25, 0.3) is 0 Å². The van der Waals surface area contributed by atoms with Crippen molar-refractivity contribution in [2.75, 3.05) is 6.54 Å². The summed E-state index contributed by atoms with van der Waals surface area (Å²) < 4.78 is 0. The molecule has 0 aromatic heterocycles. The van der Waals surface area contributed by atoms with Crippen LogP contribution in [0.5, 0.6) is 0 Å². The van der Waals surface area contributed by atoms with Gasteiger partial charge in [-0.25, -0.2) is 0 Å². The quantitative estimate of drug-likeness (QED) is 0.729. The van der Waals surface area contributed by atoms with Crippen molar-refractivity contribution in [2.24, 2.45) is 16.8 Å². The summed E-state index contributed by atoms with van der Waals surface area (Å²) in [5, 5.41) is 0. The predicted molar refractivity (Wildman–Crippen MR) is 79.2 cm³/mol. The lowest BCUT2D eigenvalue weighted by molar-refractivity contribution is 0.495. The van der Waals surface area contributed by atoms with E-state index in [0.717, 1.165) is 18.9 Å². The molecule has 18 heavy (non-hydrogen) atoms. The van der Waals surface area contributed by atoms with Crippen LogP contribution in [0.3, 0.4) is 0 Å². The lowest BCUT2D eigenvalue weighted by atomic mass is 9.87. The molecule has 0 spiro atoms. The molecule has 1 nitrogen and oxygen atoms in total. The Morgan fingerprint density at radius 3 is 2.44 bits per heavy atom. The summed E-state index contributed by atoms with van der Waals surface area (Å²) in [5.74, 6) is 1.29. The van der Waals surface area contributed by atoms with Crippen molar-refractivity contribution in [3.8, 4) is 0 Å². The number of hydrogen-bond donors (Lipinski definition) is 0. The van der Waals surface area contributed by atoms with Crippen molar-refractivity contribution in [2.45, 2.75) is 33.6 Å². The molecule has 1 heterocycles. The van der Waals surface area contributed by atoms with E-state index in [1.165, 1.54) is 23.3 Å². The van der Waals surface area contributed by atoms with Gasteiger partial charge in [-0.05, 0) is 37.3 Å². The molecule has 0 unspecified atom stereocenters. The number of allylic oxidation sites excluding steroid dienone is 1. The van der Waals surface area contributed by atoms with Gasteiger partial charge in [0.15, 0.2) is 0 Å². The maximum Gasteiger partial charge on any atom is 0.0604 e. The second kappa shape index (κ2) is 5.99. The summed E-state index contributed by atoms with van der Waals surface area (Å²) in [7, 11) is 0. The van der Waals surface area contributed by atoms with Gasteiger partial charge < -0.3 is 0 Å². The highest BCUT2D eigenvalue weighted by atomic mass is 14.8. The van der Waals surface area contributed by atoms with E-state index in [1.54, 1.807) is 0 Å². The fourth-order valence-electron chi connectivity index (χ4n) is 2.58. The van der Waals surface area contributed by atoms with Gasteiger partial charge in [-0.2, -0.15) is 0 Å². The Labute approximate surface area is 111 Å². The SMILES string of the molecule is CC1=CC([C@H](Cc2ccccc2)CC(C)C)=NC1. The van der Waals surface area contributed by atoms with E-state index in [9.17, 15) is 0 Å². The summed E-state index contributed by atoms with van der Waals surface area (Å²) in [5.41, 5.74) is 4.13. The molecule has 0 saturated heterocycles. The molecule has 0 aliphatic carbocycles. The van der Waals surface area contributed by atoms with E-state index in [4.69, 9.17) is 4.99 Å². The Hall–Kier alpha value is -1.37. The monoisotopic (exact) mass is 241 g/mol. The standard InChI is InChI=1S/C17H23N/c1-13(2)9-16(17-10-14(3)12-18-17)11-15-7-5-4-6-8-15/h4-8,10,13,16H,9,11-12H2,1-3H3/t16-/m0/s1. The maximum absolute atomic E-state index is 4.69. The lowest BCUT2D eigenvalue weighted by Crippen LogP contribution is -2.17.